The van der Waals surface area contributed by atoms with Crippen LogP contribution in [0.2, 0.25) is 0 Å². The Morgan fingerprint density at radius 2 is 1.68 bits per heavy atom. The van der Waals surface area contributed by atoms with E-state index in [0.29, 0.717) is 31.3 Å². The van der Waals surface area contributed by atoms with Crippen LogP contribution in [-0.4, -0.2) is 191 Å². The van der Waals surface area contributed by atoms with Gasteiger partial charge < -0.3 is 83.0 Å². The minimum atomic E-state index is -2.05. The molecule has 82 heavy (non-hydrogen) atoms. The summed E-state index contributed by atoms with van der Waals surface area (Å²) in [5.41, 5.74) is -2.98. The highest BCUT2D eigenvalue weighted by Crippen LogP contribution is 2.42. The zero-order chi connectivity index (χ0) is 60.8. The van der Waals surface area contributed by atoms with Gasteiger partial charge in [0.15, 0.2) is 18.7 Å². The average Bonchev–Trinajstić information content (AvgIpc) is 3.62. The number of cyclic esters (lactones) is 1. The maximum absolute atomic E-state index is 14.6. The molecule has 4 aliphatic heterocycles. The van der Waals surface area contributed by atoms with Crippen LogP contribution in [0.3, 0.4) is 0 Å². The number of esters is 1. The first-order chi connectivity index (χ1) is 38.5. The number of amides is 1. The number of carboxylic acids is 1. The van der Waals surface area contributed by atoms with Crippen molar-refractivity contribution in [3.8, 4) is 6.07 Å². The number of rotatable bonds is 18. The molecule has 19 atom stereocenters. The summed E-state index contributed by atoms with van der Waals surface area (Å²) in [6, 6.07) is 5.40. The van der Waals surface area contributed by atoms with Gasteiger partial charge >= 0.3 is 18.0 Å². The number of carbonyl (C=O) groups is 3. The van der Waals surface area contributed by atoms with Gasteiger partial charge in [-0.1, -0.05) is 38.9 Å². The number of pyridine rings is 1. The molecule has 0 spiro atoms. The highest BCUT2D eigenvalue weighted by atomic mass is 16.7. The fraction of sp³-hybridized carbons (Fsp3) is 0.763. The number of aliphatic hydroxyl groups is 4. The fourth-order valence-electron chi connectivity index (χ4n) is 12.8. The summed E-state index contributed by atoms with van der Waals surface area (Å²) < 4.78 is 52.4. The van der Waals surface area contributed by atoms with Crippen molar-refractivity contribution in [1.82, 2.24) is 14.8 Å². The first-order valence-corrected chi connectivity index (χ1v) is 28.9. The van der Waals surface area contributed by atoms with Crippen molar-refractivity contribution in [3.05, 3.63) is 45.2 Å². The molecule has 3 fully saturated rings. The molecular formula is C59H91N5O18. The number of hydrogen-bond acceptors (Lipinski definition) is 20. The lowest BCUT2D eigenvalue weighted by molar-refractivity contribution is -0.317. The van der Waals surface area contributed by atoms with Crippen LogP contribution in [0.4, 0.5) is 4.79 Å². The van der Waals surface area contributed by atoms with E-state index in [9.17, 15) is 50.0 Å². The van der Waals surface area contributed by atoms with Crippen LogP contribution in [0.15, 0.2) is 28.3 Å². The number of aromatic carboxylic acids is 1. The molecule has 6 rings (SSSR count). The van der Waals surface area contributed by atoms with Gasteiger partial charge in [-0.3, -0.25) is 9.59 Å². The van der Waals surface area contributed by atoms with E-state index in [-0.39, 0.29) is 55.8 Å². The Morgan fingerprint density at radius 3 is 2.33 bits per heavy atom. The maximum Gasteiger partial charge on any atom is 0.407 e. The largest absolute Gasteiger partial charge is 0.477 e. The van der Waals surface area contributed by atoms with Crippen LogP contribution in [-0.2, 0) is 60.4 Å². The Balaban J connectivity index is 1.18. The van der Waals surface area contributed by atoms with E-state index in [0.717, 1.165) is 29.5 Å². The molecule has 4 aliphatic rings. The second-order valence-electron chi connectivity index (χ2n) is 24.2. The van der Waals surface area contributed by atoms with Crippen molar-refractivity contribution in [3.63, 3.8) is 0 Å². The van der Waals surface area contributed by atoms with E-state index < -0.39 is 132 Å². The average molecular weight is 1160 g/mol. The molecule has 2 aromatic rings. The summed E-state index contributed by atoms with van der Waals surface area (Å²) in [5.74, 6) is -5.85. The molecule has 0 saturated carbocycles. The van der Waals surface area contributed by atoms with Crippen LogP contribution in [0.1, 0.15) is 142 Å². The van der Waals surface area contributed by atoms with E-state index in [1.54, 1.807) is 61.5 Å². The summed E-state index contributed by atoms with van der Waals surface area (Å²) >= 11 is 0. The third-order valence-corrected chi connectivity index (χ3v) is 17.4. The first kappa shape index (κ1) is 66.3. The molecule has 3 saturated heterocycles. The maximum atomic E-state index is 14.6. The summed E-state index contributed by atoms with van der Waals surface area (Å²) in [5, 5.41) is 75.2. The van der Waals surface area contributed by atoms with Gasteiger partial charge in [-0.25, -0.2) is 9.59 Å². The number of benzene rings is 1. The molecule has 6 N–H and O–H groups in total. The van der Waals surface area contributed by atoms with E-state index in [4.69, 9.17) is 42.7 Å². The Labute approximate surface area is 481 Å². The van der Waals surface area contributed by atoms with E-state index >= 15 is 0 Å². The highest BCUT2D eigenvalue weighted by molar-refractivity contribution is 5.94. The third kappa shape index (κ3) is 15.0. The molecule has 5 heterocycles. The van der Waals surface area contributed by atoms with Crippen LogP contribution < -0.4 is 10.7 Å². The Bertz CT molecular complexity index is 2660. The SMILES string of the molecule is CC[C@H]1OC(=O)[C@H](C)[C@@H](O[C@H]2C[C@@](C)(OC)[C@@H](OC(=O)NCCOCCCc3cc4c5c(c3)c(=O)c(C(=O)O)cn5C(C)CC4)[C@H](C)O2)[C@H](C)[C@@H](O[C@H]2O[C@@H](C)C[C@@H](N(C)C)[C@@H]2O)[C@](C)(O)C[C@@H](C)/C(=N\OCC#N)[C@H](C)[C@@H](O)[C@]1(C)O. The predicted molar refractivity (Wildman–Crippen MR) is 300 cm³/mol. The van der Waals surface area contributed by atoms with Gasteiger partial charge in [0.25, 0.3) is 0 Å². The van der Waals surface area contributed by atoms with Crippen LogP contribution in [0, 0.1) is 35.0 Å². The number of oxime groups is 1. The van der Waals surface area contributed by atoms with E-state index in [2.05, 4.69) is 16.5 Å². The lowest BCUT2D eigenvalue weighted by atomic mass is 9.73. The number of aliphatic hydroxyl groups excluding tert-OH is 2. The van der Waals surface area contributed by atoms with Crippen molar-refractivity contribution in [2.75, 3.05) is 47.6 Å². The number of aryl methyl sites for hydroxylation is 2. The molecule has 0 radical (unpaired) electrons. The number of methoxy groups -OCH3 is 1. The summed E-state index contributed by atoms with van der Waals surface area (Å²) in [7, 11) is 5.14. The minimum Gasteiger partial charge on any atom is -0.477 e. The molecule has 0 bridgehead atoms. The zero-order valence-corrected chi connectivity index (χ0v) is 50.3. The number of hydrogen-bond donors (Lipinski definition) is 6. The summed E-state index contributed by atoms with van der Waals surface area (Å²) in [6.45, 7) is 18.8. The number of alkyl carbamates (subject to hydrolysis) is 1. The number of ether oxygens (including phenoxy) is 8. The Morgan fingerprint density at radius 1 is 0.976 bits per heavy atom. The second kappa shape index (κ2) is 27.9. The lowest BCUT2D eigenvalue weighted by Crippen LogP contribution is -2.61. The summed E-state index contributed by atoms with van der Waals surface area (Å²) in [6.07, 6.45) is -7.21. The number of carbonyl (C=O) groups excluding carboxylic acids is 2. The van der Waals surface area contributed by atoms with Crippen LogP contribution in [0.25, 0.3) is 10.9 Å². The van der Waals surface area contributed by atoms with Gasteiger partial charge in [0.2, 0.25) is 12.0 Å². The van der Waals surface area contributed by atoms with Crippen molar-refractivity contribution < 1.29 is 82.6 Å². The monoisotopic (exact) mass is 1160 g/mol. The van der Waals surface area contributed by atoms with Gasteiger partial charge in [-0.2, -0.15) is 5.26 Å². The minimum absolute atomic E-state index is 0.0289. The standard InChI is InChI=1S/C59H91N5O18/c1-15-43-59(11,73)50(67)34(5)45(62-76-23-20-60)31(2)28-57(9,72)51(81-55-48(66)42(63(12)13)25-33(4)77-55)35(6)49(36(7)54(70)79-43)80-44-29-58(10,74-14)52(37(8)78-44)82-56(71)61-21-24-75-22-16-17-38-26-39-19-18-32(3)64-30-41(53(68)69)47(65)40(27-38)46(39)64/h26-27,30-37,42-44,48-52,55,66-67,72-73H,15-19,21-25,28-29H2,1-14H3,(H,61,71)(H,68,69)/b62-45+/t31-,32?,33+,34+,35+,36-,37+,42-,43-,44+,48+,49+,50-,51-,52+,55-,57-,58-,59-/m1/s1. The fourth-order valence-corrected chi connectivity index (χ4v) is 12.8. The normalized spacial score (nSPS) is 37.2. The molecule has 23 heteroatoms. The number of nitrogens with zero attached hydrogens (tertiary/aromatic N) is 4. The van der Waals surface area contributed by atoms with Crippen molar-refractivity contribution in [2.45, 2.75) is 218 Å². The highest BCUT2D eigenvalue weighted by Gasteiger charge is 2.54. The Hall–Kier alpha value is -4.84. The number of likely N-dealkylation sites (N-methyl/N-ethyl adjacent to an activating group) is 1. The van der Waals surface area contributed by atoms with Crippen LogP contribution >= 0.6 is 0 Å². The number of carboxylic acid groups (broad SMARTS) is 1. The molecule has 1 amide bonds. The van der Waals surface area contributed by atoms with Crippen molar-refractivity contribution in [2.24, 2.45) is 28.8 Å². The smallest absolute Gasteiger partial charge is 0.407 e. The Kier molecular flexibility index (Phi) is 22.6. The third-order valence-electron chi connectivity index (χ3n) is 17.4. The van der Waals surface area contributed by atoms with Gasteiger partial charge in [0.1, 0.15) is 35.0 Å². The molecular weight excluding hydrogens is 1070 g/mol. The first-order valence-electron chi connectivity index (χ1n) is 28.9. The molecule has 23 nitrogen and oxygen atoms in total. The quantitative estimate of drug-likeness (QED) is 0.0649. The predicted octanol–water partition coefficient (Wildman–Crippen LogP) is 5.02. The lowest BCUT2D eigenvalue weighted by Gasteiger charge is -2.49. The zero-order valence-electron chi connectivity index (χ0n) is 50.3. The molecule has 1 aromatic heterocycles. The van der Waals surface area contributed by atoms with Crippen LogP contribution in [0.5, 0.6) is 0 Å². The summed E-state index contributed by atoms with van der Waals surface area (Å²) in [4.78, 5) is 60.4. The molecule has 1 aromatic carbocycles. The molecule has 0 aliphatic carbocycles. The van der Waals surface area contributed by atoms with Crippen molar-refractivity contribution in [1.29, 1.82) is 5.26 Å². The molecule has 460 valence electrons. The topological polar surface area (TPSA) is 309 Å². The van der Waals surface area contributed by atoms with E-state index in [1.165, 1.54) is 20.2 Å². The van der Waals surface area contributed by atoms with Gasteiger partial charge in [0, 0.05) is 68.1 Å². The van der Waals surface area contributed by atoms with Gasteiger partial charge in [0.05, 0.1) is 59.9 Å². The number of nitriles is 1. The number of aromatic nitrogens is 1. The van der Waals surface area contributed by atoms with Crippen molar-refractivity contribution >= 4 is 34.6 Å². The molecule has 1 unspecified atom stereocenters. The second-order valence-corrected chi connectivity index (χ2v) is 24.2. The van der Waals surface area contributed by atoms with E-state index in [1.807, 2.05) is 43.5 Å². The number of nitrogens with one attached hydrogen (secondary N) is 1. The van der Waals surface area contributed by atoms with Gasteiger partial charge in [-0.15, -0.1) is 0 Å². The van der Waals surface area contributed by atoms with Gasteiger partial charge in [-0.05, 0) is 125 Å².